The van der Waals surface area contributed by atoms with Gasteiger partial charge in [0.15, 0.2) is 0 Å². The van der Waals surface area contributed by atoms with Crippen LogP contribution in [0.15, 0.2) is 102 Å². The summed E-state index contributed by atoms with van der Waals surface area (Å²) in [5, 5.41) is 1.66. The molecule has 1 atom stereocenters. The normalized spacial score (nSPS) is 16.6. The van der Waals surface area contributed by atoms with E-state index in [9.17, 15) is 12.8 Å². The third kappa shape index (κ3) is 4.29. The van der Waals surface area contributed by atoms with Crippen molar-refractivity contribution in [3.05, 3.63) is 114 Å². The van der Waals surface area contributed by atoms with Crippen molar-refractivity contribution in [1.82, 2.24) is 9.21 Å². The lowest BCUT2D eigenvalue weighted by molar-refractivity contribution is 0.156. The van der Waals surface area contributed by atoms with Gasteiger partial charge < -0.3 is 0 Å². The van der Waals surface area contributed by atoms with Gasteiger partial charge in [-0.15, -0.1) is 0 Å². The highest BCUT2D eigenvalue weighted by molar-refractivity contribution is 7.89. The first-order chi connectivity index (χ1) is 16.0. The first-order valence-corrected chi connectivity index (χ1v) is 12.5. The third-order valence-corrected chi connectivity index (χ3v) is 8.26. The summed E-state index contributed by atoms with van der Waals surface area (Å²) in [6.45, 7) is 1.97. The summed E-state index contributed by atoms with van der Waals surface area (Å²) in [6.07, 6.45) is 0. The smallest absolute Gasteiger partial charge is 0.243 e. The molecule has 1 aliphatic rings. The molecule has 6 heteroatoms. The molecule has 0 N–H and O–H groups in total. The summed E-state index contributed by atoms with van der Waals surface area (Å²) in [5.41, 5.74) is 2.10. The van der Waals surface area contributed by atoms with E-state index in [1.54, 1.807) is 16.4 Å². The molecule has 168 valence electrons. The molecule has 4 aromatic carbocycles. The van der Waals surface area contributed by atoms with E-state index in [0.717, 1.165) is 21.9 Å². The van der Waals surface area contributed by atoms with Crippen molar-refractivity contribution in [3.8, 4) is 0 Å². The number of rotatable bonds is 5. The molecular weight excluding hydrogens is 435 g/mol. The minimum atomic E-state index is -3.62. The first-order valence-electron chi connectivity index (χ1n) is 11.1. The molecule has 33 heavy (non-hydrogen) atoms. The predicted octanol–water partition coefficient (Wildman–Crippen LogP) is 5.07. The molecule has 0 amide bonds. The minimum absolute atomic E-state index is 0.0609. The number of hydrogen-bond donors (Lipinski definition) is 0. The number of nitrogens with zero attached hydrogens (tertiary/aromatic N) is 2. The molecule has 5 rings (SSSR count). The predicted molar refractivity (Wildman–Crippen MR) is 129 cm³/mol. The Balaban J connectivity index is 1.41. The van der Waals surface area contributed by atoms with Crippen molar-refractivity contribution in [1.29, 1.82) is 0 Å². The Morgan fingerprint density at radius 2 is 1.27 bits per heavy atom. The van der Waals surface area contributed by atoms with Crippen LogP contribution >= 0.6 is 0 Å². The average molecular weight is 461 g/mol. The van der Waals surface area contributed by atoms with Crippen LogP contribution in [0.3, 0.4) is 0 Å². The Morgan fingerprint density at radius 1 is 0.667 bits per heavy atom. The van der Waals surface area contributed by atoms with Gasteiger partial charge in [0.25, 0.3) is 0 Å². The van der Waals surface area contributed by atoms with Crippen LogP contribution in [0.4, 0.5) is 4.39 Å². The van der Waals surface area contributed by atoms with Gasteiger partial charge >= 0.3 is 0 Å². The highest BCUT2D eigenvalue weighted by Crippen LogP contribution is 2.32. The summed E-state index contributed by atoms with van der Waals surface area (Å²) >= 11 is 0. The summed E-state index contributed by atoms with van der Waals surface area (Å²) < 4.78 is 42.2. The monoisotopic (exact) mass is 460 g/mol. The van der Waals surface area contributed by atoms with E-state index in [4.69, 9.17) is 0 Å². The lowest BCUT2D eigenvalue weighted by Gasteiger charge is -2.39. The molecule has 0 saturated carbocycles. The van der Waals surface area contributed by atoms with E-state index < -0.39 is 10.0 Å². The van der Waals surface area contributed by atoms with Crippen molar-refractivity contribution in [3.63, 3.8) is 0 Å². The maximum Gasteiger partial charge on any atom is 0.243 e. The van der Waals surface area contributed by atoms with Gasteiger partial charge in [-0.1, -0.05) is 78.9 Å². The molecule has 1 fully saturated rings. The van der Waals surface area contributed by atoms with Crippen molar-refractivity contribution in [2.75, 3.05) is 26.2 Å². The summed E-state index contributed by atoms with van der Waals surface area (Å²) in [5.74, 6) is -0.267. The van der Waals surface area contributed by atoms with E-state index in [-0.39, 0.29) is 11.9 Å². The van der Waals surface area contributed by atoms with E-state index in [1.807, 2.05) is 60.7 Å². The van der Waals surface area contributed by atoms with Gasteiger partial charge in [0.1, 0.15) is 5.82 Å². The second-order valence-electron chi connectivity index (χ2n) is 8.28. The molecule has 1 aliphatic heterocycles. The van der Waals surface area contributed by atoms with E-state index in [2.05, 4.69) is 17.0 Å². The van der Waals surface area contributed by atoms with E-state index >= 15 is 0 Å². The zero-order valence-electron chi connectivity index (χ0n) is 18.1. The van der Waals surface area contributed by atoms with Gasteiger partial charge in [0, 0.05) is 31.6 Å². The van der Waals surface area contributed by atoms with Crippen LogP contribution in [0.1, 0.15) is 17.2 Å². The Kier molecular flexibility index (Phi) is 5.98. The van der Waals surface area contributed by atoms with Crippen LogP contribution in [0.5, 0.6) is 0 Å². The maximum atomic E-state index is 13.6. The van der Waals surface area contributed by atoms with Crippen LogP contribution in [0.25, 0.3) is 10.8 Å². The number of hydrogen-bond acceptors (Lipinski definition) is 3. The number of fused-ring (bicyclic) bond motifs is 1. The number of halogens is 1. The topological polar surface area (TPSA) is 40.6 Å². The lowest BCUT2D eigenvalue weighted by Crippen LogP contribution is -2.49. The number of piperazine rings is 1. The van der Waals surface area contributed by atoms with Crippen LogP contribution in [-0.2, 0) is 10.0 Å². The SMILES string of the molecule is O=S(=O)(c1cccc2ccccc12)N1CCN([C@H](c2ccccc2)c2ccc(F)cc2)CC1. The fraction of sp³-hybridized carbons (Fsp3) is 0.185. The first kappa shape index (κ1) is 21.8. The second-order valence-corrected chi connectivity index (χ2v) is 10.2. The molecule has 0 aliphatic carbocycles. The minimum Gasteiger partial charge on any atom is -0.290 e. The summed E-state index contributed by atoms with van der Waals surface area (Å²) in [6, 6.07) is 29.6. The molecule has 1 saturated heterocycles. The molecule has 1 heterocycles. The zero-order valence-corrected chi connectivity index (χ0v) is 19.0. The Morgan fingerprint density at radius 3 is 2.00 bits per heavy atom. The van der Waals surface area contributed by atoms with Crippen molar-refractivity contribution >= 4 is 20.8 Å². The van der Waals surface area contributed by atoms with Crippen molar-refractivity contribution in [2.45, 2.75) is 10.9 Å². The molecule has 0 radical (unpaired) electrons. The molecule has 0 aromatic heterocycles. The molecule has 0 bridgehead atoms. The van der Waals surface area contributed by atoms with Gasteiger partial charge in [0.2, 0.25) is 10.0 Å². The third-order valence-electron chi connectivity index (χ3n) is 6.31. The highest BCUT2D eigenvalue weighted by Gasteiger charge is 2.33. The molecule has 0 unspecified atom stereocenters. The van der Waals surface area contributed by atoms with Gasteiger partial charge in [-0.3, -0.25) is 4.90 Å². The fourth-order valence-electron chi connectivity index (χ4n) is 4.66. The Hall–Kier alpha value is -3.06. The van der Waals surface area contributed by atoms with Crippen molar-refractivity contribution in [2.24, 2.45) is 0 Å². The fourth-order valence-corrected chi connectivity index (χ4v) is 6.29. The van der Waals surface area contributed by atoms with Crippen LogP contribution in [0, 0.1) is 5.82 Å². The van der Waals surface area contributed by atoms with Gasteiger partial charge in [-0.25, -0.2) is 12.8 Å². The van der Waals surface area contributed by atoms with Crippen LogP contribution < -0.4 is 0 Å². The Labute approximate surface area is 193 Å². The quantitative estimate of drug-likeness (QED) is 0.417. The van der Waals surface area contributed by atoms with Gasteiger partial charge in [-0.05, 0) is 34.7 Å². The average Bonchev–Trinajstić information content (AvgIpc) is 2.86. The van der Waals surface area contributed by atoms with E-state index in [0.29, 0.717) is 31.1 Å². The second kappa shape index (κ2) is 9.06. The van der Waals surface area contributed by atoms with E-state index in [1.165, 1.54) is 12.1 Å². The van der Waals surface area contributed by atoms with Crippen LogP contribution in [0.2, 0.25) is 0 Å². The molecule has 4 nitrogen and oxygen atoms in total. The summed E-state index contributed by atoms with van der Waals surface area (Å²) in [4.78, 5) is 2.63. The summed E-state index contributed by atoms with van der Waals surface area (Å²) in [7, 11) is -3.62. The molecule has 4 aromatic rings. The van der Waals surface area contributed by atoms with Gasteiger partial charge in [0.05, 0.1) is 10.9 Å². The van der Waals surface area contributed by atoms with Gasteiger partial charge in [-0.2, -0.15) is 4.31 Å². The lowest BCUT2D eigenvalue weighted by atomic mass is 9.96. The largest absolute Gasteiger partial charge is 0.290 e. The molecular formula is C27H25FN2O2S. The van der Waals surface area contributed by atoms with Crippen molar-refractivity contribution < 1.29 is 12.8 Å². The molecule has 0 spiro atoms. The Bertz CT molecular complexity index is 1340. The highest BCUT2D eigenvalue weighted by atomic mass is 32.2. The number of sulfonamides is 1. The zero-order chi connectivity index (χ0) is 22.8. The number of benzene rings is 4. The maximum absolute atomic E-state index is 13.6. The standard InChI is InChI=1S/C27H25FN2O2S/c28-24-15-13-23(14-16-24)27(22-8-2-1-3-9-22)29-17-19-30(20-18-29)33(31,32)26-12-6-10-21-7-4-5-11-25(21)26/h1-16,27H,17-20H2/t27-/m1/s1. The van der Waals surface area contributed by atoms with Crippen LogP contribution in [-0.4, -0.2) is 43.8 Å².